The van der Waals surface area contributed by atoms with E-state index in [-0.39, 0.29) is 31.1 Å². The Kier molecular flexibility index (Phi) is 37.4. The van der Waals surface area contributed by atoms with Crippen molar-refractivity contribution in [2.24, 2.45) is 5.92 Å². The van der Waals surface area contributed by atoms with Crippen LogP contribution >= 0.6 is 0 Å². The molecule has 1 atom stereocenters. The standard InChI is InChI=1S/C44H84O6/c1-5-7-9-11-13-14-15-16-17-18-19-20-21-23-29-33-37-44(47)50-41(38-48-42(45)35-31-27-22-12-10-8-6-2)39-49-43(46)36-32-28-25-24-26-30-34-40(3)4/h40-41H,5-39H2,1-4H3/t41-/m1/s1. The molecule has 0 heterocycles. The third-order valence-electron chi connectivity index (χ3n) is 9.79. The van der Waals surface area contributed by atoms with Gasteiger partial charge in [0.15, 0.2) is 6.10 Å². The first kappa shape index (κ1) is 48.4. The van der Waals surface area contributed by atoms with Crippen LogP contribution in [0.1, 0.15) is 240 Å². The number of esters is 3. The van der Waals surface area contributed by atoms with Gasteiger partial charge in [-0.25, -0.2) is 0 Å². The van der Waals surface area contributed by atoms with Gasteiger partial charge in [-0.05, 0) is 25.2 Å². The van der Waals surface area contributed by atoms with Gasteiger partial charge in [-0.3, -0.25) is 14.4 Å². The third kappa shape index (κ3) is 37.7. The zero-order valence-corrected chi connectivity index (χ0v) is 33.9. The molecule has 0 N–H and O–H groups in total. The van der Waals surface area contributed by atoms with Gasteiger partial charge >= 0.3 is 17.9 Å². The normalized spacial score (nSPS) is 11.9. The quantitative estimate of drug-likeness (QED) is 0.0359. The maximum absolute atomic E-state index is 12.7. The van der Waals surface area contributed by atoms with Crippen molar-refractivity contribution in [3.05, 3.63) is 0 Å². The van der Waals surface area contributed by atoms with E-state index in [1.54, 1.807) is 0 Å². The minimum absolute atomic E-state index is 0.0658. The van der Waals surface area contributed by atoms with E-state index in [4.69, 9.17) is 14.2 Å². The lowest BCUT2D eigenvalue weighted by atomic mass is 10.0. The first-order valence-corrected chi connectivity index (χ1v) is 21.9. The van der Waals surface area contributed by atoms with E-state index >= 15 is 0 Å². The Morgan fingerprint density at radius 1 is 0.380 bits per heavy atom. The maximum Gasteiger partial charge on any atom is 0.306 e. The van der Waals surface area contributed by atoms with Gasteiger partial charge in [-0.1, -0.05) is 201 Å². The minimum atomic E-state index is -0.758. The highest BCUT2D eigenvalue weighted by Gasteiger charge is 2.19. The molecule has 0 aromatic rings. The summed E-state index contributed by atoms with van der Waals surface area (Å²) in [4.78, 5) is 37.5. The number of hydrogen-bond acceptors (Lipinski definition) is 6. The first-order chi connectivity index (χ1) is 24.4. The fourth-order valence-electron chi connectivity index (χ4n) is 6.45. The van der Waals surface area contributed by atoms with Crippen LogP contribution in [0.5, 0.6) is 0 Å². The molecule has 0 rings (SSSR count). The van der Waals surface area contributed by atoms with Crippen LogP contribution in [0.15, 0.2) is 0 Å². The van der Waals surface area contributed by atoms with Crippen molar-refractivity contribution in [1.29, 1.82) is 0 Å². The lowest BCUT2D eigenvalue weighted by Gasteiger charge is -2.18. The molecule has 0 aliphatic heterocycles. The predicted octanol–water partition coefficient (Wildman–Crippen LogP) is 13.6. The highest BCUT2D eigenvalue weighted by atomic mass is 16.6. The molecule has 0 bridgehead atoms. The van der Waals surface area contributed by atoms with Gasteiger partial charge < -0.3 is 14.2 Å². The molecule has 0 radical (unpaired) electrons. The van der Waals surface area contributed by atoms with Crippen LogP contribution in [0.2, 0.25) is 0 Å². The SMILES string of the molecule is CCCCCCCCCCCCCCCCCCC(=O)O[C@H](COC(=O)CCCCCCCCC)COC(=O)CCCCCCCCC(C)C. The Hall–Kier alpha value is -1.59. The van der Waals surface area contributed by atoms with Crippen molar-refractivity contribution in [2.45, 2.75) is 246 Å². The van der Waals surface area contributed by atoms with E-state index in [1.807, 2.05) is 0 Å². The molecule has 0 aromatic carbocycles. The number of unbranched alkanes of at least 4 members (excludes halogenated alkanes) is 26. The van der Waals surface area contributed by atoms with Crippen molar-refractivity contribution < 1.29 is 28.6 Å². The van der Waals surface area contributed by atoms with Crippen LogP contribution in [-0.4, -0.2) is 37.2 Å². The summed E-state index contributed by atoms with van der Waals surface area (Å²) in [7, 11) is 0. The van der Waals surface area contributed by atoms with E-state index < -0.39 is 6.10 Å². The van der Waals surface area contributed by atoms with Gasteiger partial charge in [-0.2, -0.15) is 0 Å². The van der Waals surface area contributed by atoms with Crippen molar-refractivity contribution >= 4 is 17.9 Å². The number of ether oxygens (including phenoxy) is 3. The molecule has 50 heavy (non-hydrogen) atoms. The Morgan fingerprint density at radius 2 is 0.660 bits per heavy atom. The molecule has 0 unspecified atom stereocenters. The first-order valence-electron chi connectivity index (χ1n) is 21.9. The third-order valence-corrected chi connectivity index (χ3v) is 9.79. The Morgan fingerprint density at radius 3 is 0.980 bits per heavy atom. The molecule has 0 aliphatic rings. The monoisotopic (exact) mass is 709 g/mol. The molecule has 0 saturated carbocycles. The molecular weight excluding hydrogens is 624 g/mol. The summed E-state index contributed by atoms with van der Waals surface area (Å²) >= 11 is 0. The number of carbonyl (C=O) groups is 3. The second kappa shape index (κ2) is 38.6. The number of hydrogen-bond donors (Lipinski definition) is 0. The Bertz CT molecular complexity index is 751. The van der Waals surface area contributed by atoms with Gasteiger partial charge in [0, 0.05) is 19.3 Å². The van der Waals surface area contributed by atoms with E-state index in [0.717, 1.165) is 63.7 Å². The fourth-order valence-corrected chi connectivity index (χ4v) is 6.45. The second-order valence-corrected chi connectivity index (χ2v) is 15.5. The van der Waals surface area contributed by atoms with Crippen molar-refractivity contribution in [1.82, 2.24) is 0 Å². The highest BCUT2D eigenvalue weighted by molar-refractivity contribution is 5.71. The van der Waals surface area contributed by atoms with Crippen molar-refractivity contribution in [3.63, 3.8) is 0 Å². The summed E-state index contributed by atoms with van der Waals surface area (Å²) in [6, 6.07) is 0. The number of carbonyl (C=O) groups excluding carboxylic acids is 3. The molecule has 6 heteroatoms. The molecule has 0 aromatic heterocycles. The largest absolute Gasteiger partial charge is 0.462 e. The fraction of sp³-hybridized carbons (Fsp3) is 0.932. The van der Waals surface area contributed by atoms with Crippen molar-refractivity contribution in [3.8, 4) is 0 Å². The summed E-state index contributed by atoms with van der Waals surface area (Å²) in [6.07, 6.45) is 36.8. The zero-order valence-electron chi connectivity index (χ0n) is 33.9. The van der Waals surface area contributed by atoms with Gasteiger partial charge in [0.1, 0.15) is 13.2 Å². The molecular formula is C44H84O6. The van der Waals surface area contributed by atoms with E-state index in [2.05, 4.69) is 27.7 Å². The molecule has 296 valence electrons. The van der Waals surface area contributed by atoms with Crippen LogP contribution < -0.4 is 0 Å². The van der Waals surface area contributed by atoms with Gasteiger partial charge in [0.25, 0.3) is 0 Å². The van der Waals surface area contributed by atoms with Gasteiger partial charge in [0.05, 0.1) is 0 Å². The van der Waals surface area contributed by atoms with E-state index in [9.17, 15) is 14.4 Å². The molecule has 0 spiro atoms. The maximum atomic E-state index is 12.7. The Balaban J connectivity index is 4.24. The van der Waals surface area contributed by atoms with Crippen LogP contribution in [0, 0.1) is 5.92 Å². The molecule has 0 fully saturated rings. The molecule has 6 nitrogen and oxygen atoms in total. The molecule has 0 saturated heterocycles. The summed E-state index contributed by atoms with van der Waals surface area (Å²) in [5.41, 5.74) is 0. The van der Waals surface area contributed by atoms with Gasteiger partial charge in [0.2, 0.25) is 0 Å². The average molecular weight is 709 g/mol. The second-order valence-electron chi connectivity index (χ2n) is 15.5. The summed E-state index contributed by atoms with van der Waals surface area (Å²) in [5, 5.41) is 0. The van der Waals surface area contributed by atoms with Gasteiger partial charge in [-0.15, -0.1) is 0 Å². The molecule has 0 amide bonds. The summed E-state index contributed by atoms with van der Waals surface area (Å²) in [5.74, 6) is -0.104. The number of rotatable bonds is 39. The van der Waals surface area contributed by atoms with E-state index in [0.29, 0.717) is 19.3 Å². The van der Waals surface area contributed by atoms with Crippen molar-refractivity contribution in [2.75, 3.05) is 13.2 Å². The van der Waals surface area contributed by atoms with Crippen LogP contribution in [-0.2, 0) is 28.6 Å². The molecule has 0 aliphatic carbocycles. The summed E-state index contributed by atoms with van der Waals surface area (Å²) < 4.78 is 16.6. The smallest absolute Gasteiger partial charge is 0.306 e. The highest BCUT2D eigenvalue weighted by Crippen LogP contribution is 2.16. The minimum Gasteiger partial charge on any atom is -0.462 e. The van der Waals surface area contributed by atoms with Crippen LogP contribution in [0.25, 0.3) is 0 Å². The average Bonchev–Trinajstić information content (AvgIpc) is 3.09. The lowest BCUT2D eigenvalue weighted by molar-refractivity contribution is -0.167. The van der Waals surface area contributed by atoms with Crippen LogP contribution in [0.4, 0.5) is 0 Å². The lowest BCUT2D eigenvalue weighted by Crippen LogP contribution is -2.30. The topological polar surface area (TPSA) is 78.9 Å². The Labute approximate surface area is 310 Å². The summed E-state index contributed by atoms with van der Waals surface area (Å²) in [6.45, 7) is 8.88. The van der Waals surface area contributed by atoms with E-state index in [1.165, 1.54) is 135 Å². The zero-order chi connectivity index (χ0) is 36.8. The van der Waals surface area contributed by atoms with Crippen LogP contribution in [0.3, 0.4) is 0 Å². The predicted molar refractivity (Wildman–Crippen MR) is 210 cm³/mol.